The summed E-state index contributed by atoms with van der Waals surface area (Å²) in [6.45, 7) is 3.91. The van der Waals surface area contributed by atoms with Gasteiger partial charge in [-0.1, -0.05) is 30.3 Å². The van der Waals surface area contributed by atoms with Gasteiger partial charge in [-0.05, 0) is 31.9 Å². The van der Waals surface area contributed by atoms with Gasteiger partial charge in [-0.15, -0.1) is 11.3 Å². The molecule has 0 atom stereocenters. The highest BCUT2D eigenvalue weighted by Gasteiger charge is 2.36. The molecule has 1 aromatic carbocycles. The van der Waals surface area contributed by atoms with E-state index in [0.29, 0.717) is 25.1 Å². The molecule has 0 aliphatic rings. The van der Waals surface area contributed by atoms with Crippen molar-refractivity contribution >= 4 is 33.6 Å². The van der Waals surface area contributed by atoms with Gasteiger partial charge >= 0.3 is 17.8 Å². The zero-order chi connectivity index (χ0) is 23.9. The lowest BCUT2D eigenvalue weighted by molar-refractivity contribution is -0.146. The zero-order valence-corrected chi connectivity index (χ0v) is 18.7. The van der Waals surface area contributed by atoms with Crippen molar-refractivity contribution in [3.05, 3.63) is 74.8 Å². The van der Waals surface area contributed by atoms with Crippen molar-refractivity contribution < 1.29 is 23.8 Å². The number of fused-ring (bicyclic) bond motifs is 1. The van der Waals surface area contributed by atoms with E-state index in [1.54, 1.807) is 31.2 Å². The quantitative estimate of drug-likeness (QED) is 0.471. The highest BCUT2D eigenvalue weighted by molar-refractivity contribution is 7.22. The molecular formula is C22H19N3O7S. The monoisotopic (exact) mass is 469 g/mol. The number of aromatic nitrogens is 3. The lowest BCUT2D eigenvalue weighted by atomic mass is 10.1. The molecule has 0 amide bonds. The van der Waals surface area contributed by atoms with Crippen molar-refractivity contribution in [3.63, 3.8) is 0 Å². The van der Waals surface area contributed by atoms with E-state index in [0.717, 1.165) is 11.3 Å². The first-order chi connectivity index (χ1) is 15.6. The van der Waals surface area contributed by atoms with E-state index < -0.39 is 28.9 Å². The number of rotatable bonds is 5. The molecule has 0 aliphatic carbocycles. The van der Waals surface area contributed by atoms with Crippen molar-refractivity contribution in [2.75, 3.05) is 0 Å². The number of nitrogens with zero attached hydrogens (tertiary/aromatic N) is 3. The van der Waals surface area contributed by atoms with Crippen molar-refractivity contribution in [3.8, 4) is 10.8 Å². The molecule has 3 aromatic heterocycles. The highest BCUT2D eigenvalue weighted by atomic mass is 32.1. The molecule has 0 fully saturated rings. The van der Waals surface area contributed by atoms with Crippen molar-refractivity contribution in [1.29, 1.82) is 0 Å². The maximum atomic E-state index is 13.3. The largest absolute Gasteiger partial charge is 0.480 e. The summed E-state index contributed by atoms with van der Waals surface area (Å²) in [6, 6.07) is 8.84. The van der Waals surface area contributed by atoms with Gasteiger partial charge in [-0.25, -0.2) is 23.9 Å². The third-order valence-electron chi connectivity index (χ3n) is 5.23. The van der Waals surface area contributed by atoms with E-state index >= 15 is 0 Å². The number of oxazole rings is 1. The zero-order valence-electron chi connectivity index (χ0n) is 17.9. The van der Waals surface area contributed by atoms with E-state index in [1.807, 2.05) is 6.07 Å². The van der Waals surface area contributed by atoms with Crippen LogP contribution in [0.25, 0.3) is 21.0 Å². The molecule has 0 radical (unpaired) electrons. The number of carboxylic acid groups (broad SMARTS) is 1. The highest BCUT2D eigenvalue weighted by Crippen LogP contribution is 2.35. The first kappa shape index (κ1) is 22.2. The van der Waals surface area contributed by atoms with Crippen LogP contribution in [0.5, 0.6) is 0 Å². The Morgan fingerprint density at radius 2 is 1.91 bits per heavy atom. The minimum atomic E-state index is -1.93. The fourth-order valence-corrected chi connectivity index (χ4v) is 4.59. The number of benzene rings is 1. The summed E-state index contributed by atoms with van der Waals surface area (Å²) in [4.78, 5) is 56.2. The van der Waals surface area contributed by atoms with Gasteiger partial charge in [0, 0.05) is 0 Å². The molecule has 0 aliphatic heterocycles. The molecule has 11 heteroatoms. The molecule has 1 N–H and O–H groups in total. The fraction of sp³-hybridized carbons (Fsp3) is 0.227. The molecule has 33 heavy (non-hydrogen) atoms. The van der Waals surface area contributed by atoms with Crippen LogP contribution in [0.3, 0.4) is 0 Å². The third-order valence-corrected chi connectivity index (χ3v) is 6.49. The number of ether oxygens (including phenoxy) is 1. The molecule has 0 saturated heterocycles. The van der Waals surface area contributed by atoms with Crippen molar-refractivity contribution in [2.24, 2.45) is 0 Å². The first-order valence-corrected chi connectivity index (χ1v) is 10.6. The third kappa shape index (κ3) is 3.65. The fourth-order valence-electron chi connectivity index (χ4n) is 3.37. The van der Waals surface area contributed by atoms with Gasteiger partial charge in [-0.3, -0.25) is 4.79 Å². The van der Waals surface area contributed by atoms with Gasteiger partial charge in [0.05, 0.1) is 16.5 Å². The molecule has 4 rings (SSSR count). The summed E-state index contributed by atoms with van der Waals surface area (Å²) in [6.07, 6.45) is 1.74. The lowest BCUT2D eigenvalue weighted by Crippen LogP contribution is -2.53. The molecule has 0 unspecified atom stereocenters. The molecule has 170 valence electrons. The summed E-state index contributed by atoms with van der Waals surface area (Å²) in [5, 5.41) is 9.69. The Morgan fingerprint density at radius 3 is 2.52 bits per heavy atom. The Hall–Kier alpha value is -3.99. The van der Waals surface area contributed by atoms with Crippen LogP contribution in [-0.4, -0.2) is 31.3 Å². The molecule has 0 bridgehead atoms. The van der Waals surface area contributed by atoms with Crippen LogP contribution in [0.4, 0.5) is 4.79 Å². The van der Waals surface area contributed by atoms with Gasteiger partial charge in [0.15, 0.2) is 0 Å². The molecule has 10 nitrogen and oxygen atoms in total. The van der Waals surface area contributed by atoms with Gasteiger partial charge in [-0.2, -0.15) is 4.57 Å². The lowest BCUT2D eigenvalue weighted by Gasteiger charge is -2.22. The number of carbonyl (C=O) groups is 2. The summed E-state index contributed by atoms with van der Waals surface area (Å²) >= 11 is 0.959. The van der Waals surface area contributed by atoms with Gasteiger partial charge in [0.2, 0.25) is 5.89 Å². The number of aliphatic carboxylic acids is 1. The summed E-state index contributed by atoms with van der Waals surface area (Å²) in [5.74, 6) is -1.21. The SMILES string of the molecule is Cc1c(-c2ncco2)sc2c1c(=O)n(C(C)(C)C(=O)O)c(=O)n2C(=O)OCc1ccccc1. The first-order valence-electron chi connectivity index (χ1n) is 9.80. The number of hydrogen-bond acceptors (Lipinski definition) is 8. The van der Waals surface area contributed by atoms with Crippen LogP contribution < -0.4 is 11.2 Å². The summed E-state index contributed by atoms with van der Waals surface area (Å²) < 4.78 is 11.9. The number of thiophene rings is 1. The predicted molar refractivity (Wildman–Crippen MR) is 120 cm³/mol. The van der Waals surface area contributed by atoms with E-state index in [2.05, 4.69) is 4.98 Å². The van der Waals surface area contributed by atoms with Gasteiger partial charge < -0.3 is 14.3 Å². The average molecular weight is 469 g/mol. The molecule has 0 spiro atoms. The maximum absolute atomic E-state index is 13.3. The van der Waals surface area contributed by atoms with Crippen LogP contribution in [0.2, 0.25) is 0 Å². The van der Waals surface area contributed by atoms with Crippen molar-refractivity contribution in [2.45, 2.75) is 32.9 Å². The molecule has 4 aromatic rings. The number of carbonyl (C=O) groups excluding carboxylic acids is 1. The Balaban J connectivity index is 1.98. The normalized spacial score (nSPS) is 11.6. The predicted octanol–water partition coefficient (Wildman–Crippen LogP) is 3.19. The summed E-state index contributed by atoms with van der Waals surface area (Å²) in [7, 11) is 0. The van der Waals surface area contributed by atoms with Crippen LogP contribution in [0.15, 0.2) is 56.8 Å². The van der Waals surface area contributed by atoms with Crippen LogP contribution in [0, 0.1) is 6.92 Å². The standard InChI is InChI=1S/C22H19N3O7S/c1-12-14-17(26)25(22(2,3)19(27)28)20(29)24(18(14)33-15(12)16-23-9-10-31-16)21(30)32-11-13-7-5-4-6-8-13/h4-10H,11H2,1-3H3,(H,27,28). The maximum Gasteiger partial charge on any atom is 0.423 e. The summed E-state index contributed by atoms with van der Waals surface area (Å²) in [5.41, 5.74) is -2.78. The Kier molecular flexibility index (Phi) is 5.50. The molecule has 3 heterocycles. The number of hydrogen-bond donors (Lipinski definition) is 1. The van der Waals surface area contributed by atoms with E-state index in [1.165, 1.54) is 26.3 Å². The Morgan fingerprint density at radius 1 is 1.21 bits per heavy atom. The van der Waals surface area contributed by atoms with E-state index in [9.17, 15) is 24.3 Å². The van der Waals surface area contributed by atoms with E-state index in [-0.39, 0.29) is 22.7 Å². The second-order valence-corrected chi connectivity index (χ2v) is 8.74. The number of carboxylic acids is 1. The smallest absolute Gasteiger partial charge is 0.423 e. The van der Waals surface area contributed by atoms with Crippen LogP contribution in [-0.2, 0) is 21.7 Å². The number of aryl methyl sites for hydroxylation is 1. The van der Waals surface area contributed by atoms with E-state index in [4.69, 9.17) is 9.15 Å². The second-order valence-electron chi connectivity index (χ2n) is 7.74. The van der Waals surface area contributed by atoms with Gasteiger partial charge in [0.1, 0.15) is 23.2 Å². The second kappa shape index (κ2) is 8.17. The molecular weight excluding hydrogens is 450 g/mol. The Bertz CT molecular complexity index is 1480. The van der Waals surface area contributed by atoms with Crippen LogP contribution in [0.1, 0.15) is 25.0 Å². The van der Waals surface area contributed by atoms with Crippen molar-refractivity contribution in [1.82, 2.24) is 14.1 Å². The minimum Gasteiger partial charge on any atom is -0.480 e. The topological polar surface area (TPSA) is 134 Å². The average Bonchev–Trinajstić information content (AvgIpc) is 3.41. The van der Waals surface area contributed by atoms with Gasteiger partial charge in [0.25, 0.3) is 5.56 Å². The Labute approximate surface area is 190 Å². The molecule has 0 saturated carbocycles. The van der Waals surface area contributed by atoms with Crippen LogP contribution >= 0.6 is 11.3 Å². The minimum absolute atomic E-state index is 0.0128.